The molecule has 1 saturated heterocycles. The van der Waals surface area contributed by atoms with Gasteiger partial charge in [0.25, 0.3) is 0 Å². The van der Waals surface area contributed by atoms with E-state index >= 15 is 0 Å². The number of hydrogen-bond acceptors (Lipinski definition) is 4. The zero-order valence-electron chi connectivity index (χ0n) is 16.1. The average molecular weight is 383 g/mol. The first kappa shape index (κ1) is 17.8. The molecule has 1 spiro atoms. The van der Waals surface area contributed by atoms with Crippen LogP contribution < -0.4 is 5.73 Å². The van der Waals surface area contributed by atoms with Crippen LogP contribution >= 0.6 is 11.3 Å². The zero-order valence-corrected chi connectivity index (χ0v) is 16.9. The molecule has 2 atom stereocenters. The van der Waals surface area contributed by atoms with Crippen LogP contribution in [0.25, 0.3) is 0 Å². The van der Waals surface area contributed by atoms with Crippen LogP contribution in [-0.2, 0) is 16.6 Å². The number of ether oxygens (including phenoxy) is 1. The van der Waals surface area contributed by atoms with Crippen LogP contribution in [0.5, 0.6) is 0 Å². The van der Waals surface area contributed by atoms with Gasteiger partial charge in [0.1, 0.15) is 0 Å². The van der Waals surface area contributed by atoms with E-state index in [1.54, 1.807) is 10.4 Å². The summed E-state index contributed by atoms with van der Waals surface area (Å²) in [6.07, 6.45) is 12.8. The molecule has 2 aromatic rings. The predicted molar refractivity (Wildman–Crippen MR) is 110 cm³/mol. The number of nitrogens with two attached hydrogens (primary N) is 1. The highest BCUT2D eigenvalue weighted by molar-refractivity contribution is 7.12. The number of nitrogens with zero attached hydrogens (tertiary/aromatic N) is 1. The average Bonchev–Trinajstić information content (AvgIpc) is 3.41. The first-order valence-electron chi connectivity index (χ1n) is 10.6. The lowest BCUT2D eigenvalue weighted by molar-refractivity contribution is -0.0946. The summed E-state index contributed by atoms with van der Waals surface area (Å²) in [7, 11) is 0. The standard InChI is InChI=1S/C23H30N2OS/c24-12-8-17-6-7-18-15-20(27-21(17)18)23(19-5-1-4-13-25-19)11-14-26-22(16-23)9-2-3-10-22/h1,4-5,13,15,17H,2-3,6-12,14,16,24H2. The van der Waals surface area contributed by atoms with Gasteiger partial charge in [-0.25, -0.2) is 0 Å². The van der Waals surface area contributed by atoms with Crippen LogP contribution in [0.3, 0.4) is 0 Å². The summed E-state index contributed by atoms with van der Waals surface area (Å²) in [5, 5.41) is 0. The zero-order chi connectivity index (χ0) is 18.3. The van der Waals surface area contributed by atoms with Gasteiger partial charge in [0.2, 0.25) is 0 Å². The van der Waals surface area contributed by atoms with Crippen molar-refractivity contribution in [3.63, 3.8) is 0 Å². The number of rotatable bonds is 4. The van der Waals surface area contributed by atoms with E-state index in [4.69, 9.17) is 15.5 Å². The van der Waals surface area contributed by atoms with Gasteiger partial charge in [-0.05, 0) is 81.2 Å². The fraction of sp³-hybridized carbons (Fsp3) is 0.609. The van der Waals surface area contributed by atoms with E-state index in [1.807, 2.05) is 12.3 Å². The molecule has 3 heterocycles. The van der Waals surface area contributed by atoms with Gasteiger partial charge < -0.3 is 10.5 Å². The second-order valence-corrected chi connectivity index (χ2v) is 9.86. The molecule has 0 bridgehead atoms. The lowest BCUT2D eigenvalue weighted by Crippen LogP contribution is -2.46. The van der Waals surface area contributed by atoms with Crippen molar-refractivity contribution in [2.45, 2.75) is 74.7 Å². The van der Waals surface area contributed by atoms with Gasteiger partial charge in [-0.1, -0.05) is 18.9 Å². The maximum Gasteiger partial charge on any atom is 0.0695 e. The van der Waals surface area contributed by atoms with Gasteiger partial charge in [0.15, 0.2) is 0 Å². The topological polar surface area (TPSA) is 48.1 Å². The number of pyridine rings is 1. The normalized spacial score (nSPS) is 29.3. The van der Waals surface area contributed by atoms with Crippen LogP contribution in [0.4, 0.5) is 0 Å². The Kier molecular flexibility index (Phi) is 4.61. The molecule has 0 amide bonds. The molecule has 2 aliphatic carbocycles. The van der Waals surface area contributed by atoms with E-state index in [0.29, 0.717) is 5.92 Å². The number of aromatic nitrogens is 1. The molecule has 5 rings (SSSR count). The minimum absolute atomic E-state index is 0.0200. The molecule has 3 nitrogen and oxygen atoms in total. The van der Waals surface area contributed by atoms with Crippen molar-refractivity contribution in [1.82, 2.24) is 4.98 Å². The van der Waals surface area contributed by atoms with E-state index in [-0.39, 0.29) is 11.0 Å². The minimum atomic E-state index is 0.0200. The molecule has 2 N–H and O–H groups in total. The van der Waals surface area contributed by atoms with E-state index in [9.17, 15) is 0 Å². The summed E-state index contributed by atoms with van der Waals surface area (Å²) in [5.74, 6) is 0.671. The van der Waals surface area contributed by atoms with Gasteiger partial charge in [-0.15, -0.1) is 11.3 Å². The minimum Gasteiger partial charge on any atom is -0.375 e. The second-order valence-electron chi connectivity index (χ2n) is 8.78. The second kappa shape index (κ2) is 6.98. The van der Waals surface area contributed by atoms with Gasteiger partial charge >= 0.3 is 0 Å². The van der Waals surface area contributed by atoms with Crippen molar-refractivity contribution in [2.24, 2.45) is 5.73 Å². The van der Waals surface area contributed by atoms with Crippen molar-refractivity contribution in [3.05, 3.63) is 51.5 Å². The Morgan fingerprint density at radius 1 is 1.22 bits per heavy atom. The molecule has 2 aromatic heterocycles. The van der Waals surface area contributed by atoms with Gasteiger partial charge in [-0.3, -0.25) is 4.98 Å². The van der Waals surface area contributed by atoms with Crippen molar-refractivity contribution < 1.29 is 4.74 Å². The van der Waals surface area contributed by atoms with Crippen LogP contribution in [-0.4, -0.2) is 23.7 Å². The summed E-state index contributed by atoms with van der Waals surface area (Å²) < 4.78 is 6.42. The Balaban J connectivity index is 1.59. The van der Waals surface area contributed by atoms with Gasteiger partial charge in [0.05, 0.1) is 16.7 Å². The van der Waals surface area contributed by atoms with Crippen LogP contribution in [0, 0.1) is 0 Å². The summed E-state index contributed by atoms with van der Waals surface area (Å²) in [6, 6.07) is 8.96. The molecular weight excluding hydrogens is 352 g/mol. The highest BCUT2D eigenvalue weighted by Gasteiger charge is 2.50. The lowest BCUT2D eigenvalue weighted by atomic mass is 9.69. The van der Waals surface area contributed by atoms with Crippen molar-refractivity contribution >= 4 is 11.3 Å². The quantitative estimate of drug-likeness (QED) is 0.815. The number of thiophene rings is 1. The monoisotopic (exact) mass is 382 g/mol. The van der Waals surface area contributed by atoms with E-state index in [1.165, 1.54) is 49.1 Å². The molecule has 2 fully saturated rings. The van der Waals surface area contributed by atoms with Gasteiger partial charge in [-0.2, -0.15) is 0 Å². The third-order valence-corrected chi connectivity index (χ3v) is 8.74. The Bertz CT molecular complexity index is 796. The largest absolute Gasteiger partial charge is 0.375 e. The molecule has 3 aliphatic rings. The Morgan fingerprint density at radius 3 is 2.89 bits per heavy atom. The SMILES string of the molecule is NCCC1CCc2cc(C3(c4ccccn4)CCOC4(CCCC4)C3)sc21. The van der Waals surface area contributed by atoms with Crippen LogP contribution in [0.1, 0.15) is 78.3 Å². The van der Waals surface area contributed by atoms with E-state index in [0.717, 1.165) is 32.4 Å². The van der Waals surface area contributed by atoms with Crippen LogP contribution in [0.2, 0.25) is 0 Å². The molecule has 144 valence electrons. The maximum atomic E-state index is 6.42. The Morgan fingerprint density at radius 2 is 2.11 bits per heavy atom. The molecule has 1 aliphatic heterocycles. The summed E-state index contributed by atoms with van der Waals surface area (Å²) in [4.78, 5) is 8.01. The highest BCUT2D eigenvalue weighted by atomic mass is 32.1. The first-order chi connectivity index (χ1) is 13.2. The number of fused-ring (bicyclic) bond motifs is 1. The molecule has 0 radical (unpaired) electrons. The molecule has 27 heavy (non-hydrogen) atoms. The Hall–Kier alpha value is -1.23. The number of aryl methyl sites for hydroxylation is 1. The molecule has 4 heteroatoms. The summed E-state index contributed by atoms with van der Waals surface area (Å²) >= 11 is 2.06. The smallest absolute Gasteiger partial charge is 0.0695 e. The lowest BCUT2D eigenvalue weighted by Gasteiger charge is -2.46. The molecule has 0 aromatic carbocycles. The van der Waals surface area contributed by atoms with E-state index < -0.39 is 0 Å². The maximum absolute atomic E-state index is 6.42. The Labute approximate surface area is 166 Å². The van der Waals surface area contributed by atoms with Crippen molar-refractivity contribution in [2.75, 3.05) is 13.2 Å². The highest BCUT2D eigenvalue weighted by Crippen LogP contribution is 2.54. The number of hydrogen-bond donors (Lipinski definition) is 1. The van der Waals surface area contributed by atoms with Crippen molar-refractivity contribution in [1.29, 1.82) is 0 Å². The third-order valence-electron chi connectivity index (χ3n) is 7.19. The first-order valence-corrected chi connectivity index (χ1v) is 11.5. The molecule has 1 saturated carbocycles. The van der Waals surface area contributed by atoms with E-state index in [2.05, 4.69) is 29.5 Å². The predicted octanol–water partition coefficient (Wildman–Crippen LogP) is 4.93. The fourth-order valence-electron chi connectivity index (χ4n) is 5.83. The molecule has 2 unspecified atom stereocenters. The van der Waals surface area contributed by atoms with Crippen molar-refractivity contribution in [3.8, 4) is 0 Å². The molecular formula is C23H30N2OS. The fourth-order valence-corrected chi connectivity index (χ4v) is 7.44. The van der Waals surface area contributed by atoms with Crippen LogP contribution in [0.15, 0.2) is 30.5 Å². The summed E-state index contributed by atoms with van der Waals surface area (Å²) in [5.41, 5.74) is 8.80. The van der Waals surface area contributed by atoms with Gasteiger partial charge in [0, 0.05) is 22.6 Å². The summed E-state index contributed by atoms with van der Waals surface area (Å²) in [6.45, 7) is 1.64. The third kappa shape index (κ3) is 2.97.